The summed E-state index contributed by atoms with van der Waals surface area (Å²) in [5, 5.41) is 14.5. The highest BCUT2D eigenvalue weighted by Gasteiger charge is 2.37. The smallest absolute Gasteiger partial charge is 0.269 e. The van der Waals surface area contributed by atoms with E-state index < -0.39 is 4.92 Å². The highest BCUT2D eigenvalue weighted by molar-refractivity contribution is 5.60. The number of ether oxygens (including phenoxy) is 1. The normalized spacial score (nSPS) is 21.1. The molecule has 31 heavy (non-hydrogen) atoms. The molecule has 3 aromatic rings. The van der Waals surface area contributed by atoms with E-state index >= 15 is 0 Å². The second-order valence-electron chi connectivity index (χ2n) is 8.35. The van der Waals surface area contributed by atoms with Crippen molar-refractivity contribution >= 4 is 11.4 Å². The Bertz CT molecular complexity index is 1140. The fourth-order valence-corrected chi connectivity index (χ4v) is 4.70. The van der Waals surface area contributed by atoms with Gasteiger partial charge in [0.25, 0.3) is 5.69 Å². The van der Waals surface area contributed by atoms with Gasteiger partial charge in [-0.05, 0) is 66.3 Å². The minimum atomic E-state index is -0.396. The summed E-state index contributed by atoms with van der Waals surface area (Å²) < 4.78 is 5.89. The monoisotopic (exact) mass is 412 g/mol. The van der Waals surface area contributed by atoms with Gasteiger partial charge in [-0.2, -0.15) is 0 Å². The maximum absolute atomic E-state index is 10.8. The van der Waals surface area contributed by atoms with Gasteiger partial charge >= 0.3 is 0 Å². The molecule has 0 radical (unpaired) electrons. The molecule has 5 heteroatoms. The van der Waals surface area contributed by atoms with Crippen LogP contribution in [0, 0.1) is 23.0 Å². The molecule has 3 atom stereocenters. The molecule has 0 saturated heterocycles. The van der Waals surface area contributed by atoms with Crippen LogP contribution in [0.25, 0.3) is 0 Å². The van der Waals surface area contributed by atoms with Crippen molar-refractivity contribution in [3.8, 4) is 5.75 Å². The summed E-state index contributed by atoms with van der Waals surface area (Å²) in [5.74, 6) is 1.76. The number of nitro groups is 1. The van der Waals surface area contributed by atoms with Crippen LogP contribution in [0.4, 0.5) is 11.4 Å². The summed E-state index contributed by atoms with van der Waals surface area (Å²) in [4.78, 5) is 10.4. The Kier molecular flexibility index (Phi) is 4.94. The number of rotatable bonds is 5. The maximum atomic E-state index is 10.8. The summed E-state index contributed by atoms with van der Waals surface area (Å²) in [7, 11) is 0. The average Bonchev–Trinajstić information content (AvgIpc) is 3.28. The SMILES string of the molecule is Cc1ccc2c(c1)[C@@H]1C=CC[C@@H]1[C@H](c1ccc(OCc3ccc([N+](=O)[O-])cc3)cc1)N2. The molecule has 3 aromatic carbocycles. The molecule has 5 nitrogen and oxygen atoms in total. The molecule has 1 aliphatic carbocycles. The molecule has 1 N–H and O–H groups in total. The van der Waals surface area contributed by atoms with Gasteiger partial charge in [0, 0.05) is 23.7 Å². The van der Waals surface area contributed by atoms with Gasteiger partial charge in [-0.3, -0.25) is 10.1 Å². The summed E-state index contributed by atoms with van der Waals surface area (Å²) in [6.07, 6.45) is 5.75. The first-order valence-corrected chi connectivity index (χ1v) is 10.6. The van der Waals surface area contributed by atoms with Crippen LogP contribution in [-0.4, -0.2) is 4.92 Å². The molecule has 0 spiro atoms. The quantitative estimate of drug-likeness (QED) is 0.303. The van der Waals surface area contributed by atoms with E-state index in [0.29, 0.717) is 18.4 Å². The molecular formula is C26H24N2O3. The van der Waals surface area contributed by atoms with Crippen molar-refractivity contribution in [2.24, 2.45) is 5.92 Å². The van der Waals surface area contributed by atoms with Crippen molar-refractivity contribution in [3.05, 3.63) is 111 Å². The van der Waals surface area contributed by atoms with Crippen molar-refractivity contribution in [1.29, 1.82) is 0 Å². The lowest BCUT2D eigenvalue weighted by molar-refractivity contribution is -0.384. The van der Waals surface area contributed by atoms with Gasteiger partial charge in [0.05, 0.1) is 11.0 Å². The summed E-state index contributed by atoms with van der Waals surface area (Å²) in [5.41, 5.74) is 6.17. The van der Waals surface area contributed by atoms with Crippen LogP contribution in [0.5, 0.6) is 5.75 Å². The summed E-state index contributed by atoms with van der Waals surface area (Å²) in [6, 6.07) is 21.7. The predicted molar refractivity (Wildman–Crippen MR) is 121 cm³/mol. The highest BCUT2D eigenvalue weighted by atomic mass is 16.6. The van der Waals surface area contributed by atoms with Crippen molar-refractivity contribution in [1.82, 2.24) is 0 Å². The van der Waals surface area contributed by atoms with Gasteiger partial charge < -0.3 is 10.1 Å². The minimum absolute atomic E-state index is 0.0875. The molecular weight excluding hydrogens is 388 g/mol. The molecule has 0 fully saturated rings. The van der Waals surface area contributed by atoms with E-state index in [2.05, 4.69) is 54.7 Å². The van der Waals surface area contributed by atoms with Crippen molar-refractivity contribution in [3.63, 3.8) is 0 Å². The second-order valence-corrected chi connectivity index (χ2v) is 8.35. The van der Waals surface area contributed by atoms with Crippen LogP contribution in [0.1, 0.15) is 40.6 Å². The molecule has 0 bridgehead atoms. The van der Waals surface area contributed by atoms with E-state index in [-0.39, 0.29) is 11.7 Å². The summed E-state index contributed by atoms with van der Waals surface area (Å²) >= 11 is 0. The Morgan fingerprint density at radius 1 is 1.06 bits per heavy atom. The number of nitrogens with zero attached hydrogens (tertiary/aromatic N) is 1. The third kappa shape index (κ3) is 3.79. The zero-order valence-electron chi connectivity index (χ0n) is 17.3. The Labute approximate surface area is 181 Å². The number of hydrogen-bond acceptors (Lipinski definition) is 4. The third-order valence-electron chi connectivity index (χ3n) is 6.31. The number of non-ortho nitro benzene ring substituents is 1. The molecule has 5 rings (SSSR count). The summed E-state index contributed by atoms with van der Waals surface area (Å²) in [6.45, 7) is 2.52. The first-order chi connectivity index (χ1) is 15.1. The lowest BCUT2D eigenvalue weighted by Gasteiger charge is -2.37. The van der Waals surface area contributed by atoms with Gasteiger partial charge in [-0.25, -0.2) is 0 Å². The third-order valence-corrected chi connectivity index (χ3v) is 6.31. The number of fused-ring (bicyclic) bond motifs is 3. The van der Waals surface area contributed by atoms with E-state index in [1.165, 1.54) is 34.5 Å². The number of anilines is 1. The second kappa shape index (κ2) is 7.91. The first-order valence-electron chi connectivity index (χ1n) is 10.6. The molecule has 0 aromatic heterocycles. The Balaban J connectivity index is 1.30. The number of allylic oxidation sites excluding steroid dienone is 2. The number of nitro benzene ring substituents is 1. The topological polar surface area (TPSA) is 64.4 Å². The van der Waals surface area contributed by atoms with Crippen LogP contribution in [0.3, 0.4) is 0 Å². The van der Waals surface area contributed by atoms with E-state index in [1.807, 2.05) is 12.1 Å². The van der Waals surface area contributed by atoms with Gasteiger partial charge in [0.1, 0.15) is 12.4 Å². The van der Waals surface area contributed by atoms with Crippen molar-refractivity contribution in [2.45, 2.75) is 31.9 Å². The highest BCUT2D eigenvalue weighted by Crippen LogP contribution is 2.50. The molecule has 0 unspecified atom stereocenters. The van der Waals surface area contributed by atoms with E-state index in [0.717, 1.165) is 17.7 Å². The molecule has 1 heterocycles. The maximum Gasteiger partial charge on any atom is 0.269 e. The van der Waals surface area contributed by atoms with Crippen LogP contribution in [-0.2, 0) is 6.61 Å². The Hall–Kier alpha value is -3.60. The van der Waals surface area contributed by atoms with Gasteiger partial charge in [-0.1, -0.05) is 42.0 Å². The fraction of sp³-hybridized carbons (Fsp3) is 0.231. The minimum Gasteiger partial charge on any atom is -0.489 e. The number of nitrogens with one attached hydrogen (secondary N) is 1. The molecule has 1 aliphatic heterocycles. The lowest BCUT2D eigenvalue weighted by atomic mass is 9.76. The van der Waals surface area contributed by atoms with E-state index in [1.54, 1.807) is 12.1 Å². The molecule has 2 aliphatic rings. The van der Waals surface area contributed by atoms with E-state index in [4.69, 9.17) is 4.74 Å². The fourth-order valence-electron chi connectivity index (χ4n) is 4.70. The molecule has 0 saturated carbocycles. The number of hydrogen-bond donors (Lipinski definition) is 1. The van der Waals surface area contributed by atoms with Crippen molar-refractivity contribution in [2.75, 3.05) is 5.32 Å². The first kappa shape index (κ1) is 19.4. The van der Waals surface area contributed by atoms with Crippen LogP contribution in [0.15, 0.2) is 78.9 Å². The van der Waals surface area contributed by atoms with Gasteiger partial charge in [-0.15, -0.1) is 0 Å². The molecule has 156 valence electrons. The lowest BCUT2D eigenvalue weighted by Crippen LogP contribution is -2.29. The Morgan fingerprint density at radius 2 is 1.84 bits per heavy atom. The standard InChI is InChI=1S/C26H24N2O3/c1-17-5-14-25-24(15-17)22-3-2-4-23(22)26(27-25)19-8-12-21(13-9-19)31-16-18-6-10-20(11-7-18)28(29)30/h2-3,5-15,22-23,26-27H,4,16H2,1H3/t22-,23+,26+/m1/s1. The average molecular weight is 412 g/mol. The van der Waals surface area contributed by atoms with Crippen LogP contribution in [0.2, 0.25) is 0 Å². The Morgan fingerprint density at radius 3 is 2.58 bits per heavy atom. The zero-order chi connectivity index (χ0) is 21.4. The van der Waals surface area contributed by atoms with Crippen LogP contribution >= 0.6 is 0 Å². The largest absolute Gasteiger partial charge is 0.489 e. The van der Waals surface area contributed by atoms with E-state index in [9.17, 15) is 10.1 Å². The van der Waals surface area contributed by atoms with Gasteiger partial charge in [0.15, 0.2) is 0 Å². The number of aryl methyl sites for hydroxylation is 1. The van der Waals surface area contributed by atoms with Gasteiger partial charge in [0.2, 0.25) is 0 Å². The predicted octanol–water partition coefficient (Wildman–Crippen LogP) is 6.31. The zero-order valence-corrected chi connectivity index (χ0v) is 17.3. The number of benzene rings is 3. The van der Waals surface area contributed by atoms with Crippen molar-refractivity contribution < 1.29 is 9.66 Å². The molecule has 0 amide bonds. The van der Waals surface area contributed by atoms with Crippen LogP contribution < -0.4 is 10.1 Å².